The first-order valence-corrected chi connectivity index (χ1v) is 4.48. The minimum Gasteiger partial charge on any atom is -0.377 e. The standard InChI is InChI=1S/C10H8FN2O/c11-8-1-2-10-7(3-8)4-12-13(10)9-5-14-6-9/h1-3,9H,5-6H2. The average molecular weight is 191 g/mol. The molecular weight excluding hydrogens is 183 g/mol. The lowest BCUT2D eigenvalue weighted by Gasteiger charge is -2.26. The summed E-state index contributed by atoms with van der Waals surface area (Å²) in [5, 5.41) is 4.82. The van der Waals surface area contributed by atoms with Gasteiger partial charge in [-0.1, -0.05) is 0 Å². The van der Waals surface area contributed by atoms with Gasteiger partial charge in [-0.3, -0.25) is 4.68 Å². The quantitative estimate of drug-likeness (QED) is 0.683. The van der Waals surface area contributed by atoms with E-state index in [4.69, 9.17) is 4.74 Å². The minimum atomic E-state index is -0.252. The van der Waals surface area contributed by atoms with E-state index in [9.17, 15) is 4.39 Å². The van der Waals surface area contributed by atoms with E-state index in [0.717, 1.165) is 10.9 Å². The molecule has 0 saturated carbocycles. The van der Waals surface area contributed by atoms with Crippen molar-refractivity contribution >= 4 is 10.9 Å². The van der Waals surface area contributed by atoms with E-state index in [1.165, 1.54) is 12.1 Å². The molecule has 0 atom stereocenters. The smallest absolute Gasteiger partial charge is 0.124 e. The van der Waals surface area contributed by atoms with E-state index in [2.05, 4.69) is 11.3 Å². The van der Waals surface area contributed by atoms with E-state index in [-0.39, 0.29) is 11.9 Å². The van der Waals surface area contributed by atoms with Crippen LogP contribution < -0.4 is 0 Å². The molecule has 1 radical (unpaired) electrons. The van der Waals surface area contributed by atoms with Crippen molar-refractivity contribution in [2.45, 2.75) is 6.04 Å². The van der Waals surface area contributed by atoms with Gasteiger partial charge in [0.25, 0.3) is 0 Å². The lowest BCUT2D eigenvalue weighted by Crippen LogP contribution is -2.31. The largest absolute Gasteiger partial charge is 0.377 e. The zero-order valence-electron chi connectivity index (χ0n) is 7.40. The minimum absolute atomic E-state index is 0.252. The van der Waals surface area contributed by atoms with Crippen LogP contribution in [0.3, 0.4) is 0 Å². The molecule has 2 aromatic rings. The number of ether oxygens (including phenoxy) is 1. The van der Waals surface area contributed by atoms with Gasteiger partial charge in [0.2, 0.25) is 0 Å². The highest BCUT2D eigenvalue weighted by atomic mass is 19.1. The molecule has 3 nitrogen and oxygen atoms in total. The van der Waals surface area contributed by atoms with Gasteiger partial charge in [0, 0.05) is 5.39 Å². The lowest BCUT2D eigenvalue weighted by atomic mass is 10.2. The van der Waals surface area contributed by atoms with Crippen LogP contribution in [0.5, 0.6) is 0 Å². The summed E-state index contributed by atoms with van der Waals surface area (Å²) in [7, 11) is 0. The topological polar surface area (TPSA) is 27.1 Å². The van der Waals surface area contributed by atoms with Crippen molar-refractivity contribution in [3.63, 3.8) is 0 Å². The summed E-state index contributed by atoms with van der Waals surface area (Å²) in [6, 6.07) is 4.90. The SMILES string of the molecule is Fc1ccc2c([c]nn2C2COC2)c1. The van der Waals surface area contributed by atoms with Crippen LogP contribution in [-0.2, 0) is 4.74 Å². The number of benzene rings is 1. The predicted octanol–water partition coefficient (Wildman–Crippen LogP) is 1.55. The molecule has 2 heterocycles. The molecule has 0 amide bonds. The molecule has 0 unspecified atom stereocenters. The molecule has 1 aromatic carbocycles. The number of halogens is 1. The molecule has 71 valence electrons. The first-order valence-electron chi connectivity index (χ1n) is 4.48. The van der Waals surface area contributed by atoms with Crippen LogP contribution in [0.1, 0.15) is 6.04 Å². The normalized spacial score (nSPS) is 17.2. The summed E-state index contributed by atoms with van der Waals surface area (Å²) >= 11 is 0. The summed E-state index contributed by atoms with van der Waals surface area (Å²) in [6.45, 7) is 1.37. The second-order valence-electron chi connectivity index (χ2n) is 3.41. The molecule has 14 heavy (non-hydrogen) atoms. The van der Waals surface area contributed by atoms with Gasteiger partial charge in [0.15, 0.2) is 0 Å². The molecule has 1 saturated heterocycles. The van der Waals surface area contributed by atoms with Crippen LogP contribution in [0.25, 0.3) is 10.9 Å². The molecule has 1 aliphatic heterocycles. The summed E-state index contributed by atoms with van der Waals surface area (Å²) in [5.74, 6) is -0.252. The van der Waals surface area contributed by atoms with Crippen molar-refractivity contribution in [3.05, 3.63) is 30.2 Å². The molecule has 1 aromatic heterocycles. The average Bonchev–Trinajstić information content (AvgIpc) is 2.45. The Kier molecular flexibility index (Phi) is 1.58. The molecule has 0 spiro atoms. The fraction of sp³-hybridized carbons (Fsp3) is 0.300. The van der Waals surface area contributed by atoms with Crippen LogP contribution in [0.4, 0.5) is 4.39 Å². The van der Waals surface area contributed by atoms with E-state index in [1.807, 2.05) is 4.68 Å². The number of hydrogen-bond donors (Lipinski definition) is 0. The zero-order valence-corrected chi connectivity index (χ0v) is 7.40. The van der Waals surface area contributed by atoms with E-state index in [0.29, 0.717) is 13.2 Å². The first kappa shape index (κ1) is 7.94. The second kappa shape index (κ2) is 2.78. The summed E-state index contributed by atoms with van der Waals surface area (Å²) in [5.41, 5.74) is 0.916. The molecule has 1 aliphatic rings. The van der Waals surface area contributed by atoms with E-state index < -0.39 is 0 Å². The van der Waals surface area contributed by atoms with Crippen molar-refractivity contribution in [3.8, 4) is 0 Å². The summed E-state index contributed by atoms with van der Waals surface area (Å²) in [4.78, 5) is 0. The second-order valence-corrected chi connectivity index (χ2v) is 3.41. The molecule has 1 fully saturated rings. The van der Waals surface area contributed by atoms with Gasteiger partial charge in [-0.25, -0.2) is 4.39 Å². The molecular formula is C10H8FN2O. The fourth-order valence-corrected chi connectivity index (χ4v) is 1.60. The Labute approximate surface area is 80.1 Å². The van der Waals surface area contributed by atoms with Gasteiger partial charge in [0.1, 0.15) is 12.0 Å². The van der Waals surface area contributed by atoms with Crippen LogP contribution >= 0.6 is 0 Å². The zero-order chi connectivity index (χ0) is 9.54. The number of rotatable bonds is 1. The Bertz CT molecular complexity index is 476. The van der Waals surface area contributed by atoms with Gasteiger partial charge in [-0.2, -0.15) is 5.10 Å². The van der Waals surface area contributed by atoms with Crippen molar-refractivity contribution in [2.24, 2.45) is 0 Å². The van der Waals surface area contributed by atoms with Gasteiger partial charge in [0.05, 0.1) is 24.8 Å². The summed E-state index contributed by atoms with van der Waals surface area (Å²) in [6.07, 6.45) is 2.80. The van der Waals surface area contributed by atoms with Crippen LogP contribution in [0, 0.1) is 12.0 Å². The Morgan fingerprint density at radius 2 is 2.36 bits per heavy atom. The van der Waals surface area contributed by atoms with Crippen molar-refractivity contribution in [2.75, 3.05) is 13.2 Å². The maximum absolute atomic E-state index is 12.9. The Hall–Kier alpha value is -1.42. The third-order valence-electron chi connectivity index (χ3n) is 2.45. The monoisotopic (exact) mass is 191 g/mol. The maximum Gasteiger partial charge on any atom is 0.124 e. The number of hydrogen-bond acceptors (Lipinski definition) is 2. The van der Waals surface area contributed by atoms with E-state index in [1.54, 1.807) is 6.07 Å². The number of nitrogens with zero attached hydrogens (tertiary/aromatic N) is 2. The van der Waals surface area contributed by atoms with Gasteiger partial charge in [-0.15, -0.1) is 0 Å². The first-order chi connectivity index (χ1) is 6.84. The van der Waals surface area contributed by atoms with Crippen molar-refractivity contribution < 1.29 is 9.13 Å². The molecule has 3 rings (SSSR count). The van der Waals surface area contributed by atoms with Crippen LogP contribution in [-0.4, -0.2) is 23.0 Å². The van der Waals surface area contributed by atoms with Gasteiger partial charge < -0.3 is 4.74 Å². The fourth-order valence-electron chi connectivity index (χ4n) is 1.60. The predicted molar refractivity (Wildman–Crippen MR) is 48.4 cm³/mol. The van der Waals surface area contributed by atoms with Crippen LogP contribution in [0.2, 0.25) is 0 Å². The number of fused-ring (bicyclic) bond motifs is 1. The highest BCUT2D eigenvalue weighted by molar-refractivity contribution is 5.78. The Balaban J connectivity index is 2.16. The third-order valence-corrected chi connectivity index (χ3v) is 2.45. The Morgan fingerprint density at radius 1 is 1.50 bits per heavy atom. The molecule has 4 heteroatoms. The molecule has 0 N–H and O–H groups in total. The Morgan fingerprint density at radius 3 is 3.07 bits per heavy atom. The third kappa shape index (κ3) is 1.04. The van der Waals surface area contributed by atoms with Crippen molar-refractivity contribution in [1.82, 2.24) is 9.78 Å². The lowest BCUT2D eigenvalue weighted by molar-refractivity contribution is -0.0267. The van der Waals surface area contributed by atoms with E-state index >= 15 is 0 Å². The molecule has 0 aliphatic carbocycles. The number of aromatic nitrogens is 2. The summed E-state index contributed by atoms with van der Waals surface area (Å²) < 4.78 is 19.8. The maximum atomic E-state index is 12.9. The highest BCUT2D eigenvalue weighted by Gasteiger charge is 2.22. The molecule has 0 bridgehead atoms. The van der Waals surface area contributed by atoms with Gasteiger partial charge >= 0.3 is 0 Å². The van der Waals surface area contributed by atoms with Crippen molar-refractivity contribution in [1.29, 1.82) is 0 Å². The van der Waals surface area contributed by atoms with Gasteiger partial charge in [-0.05, 0) is 18.2 Å². The van der Waals surface area contributed by atoms with Crippen LogP contribution in [0.15, 0.2) is 18.2 Å². The highest BCUT2D eigenvalue weighted by Crippen LogP contribution is 2.22.